The van der Waals surface area contributed by atoms with Crippen LogP contribution in [0.4, 0.5) is 0 Å². The van der Waals surface area contributed by atoms with Crippen LogP contribution in [0.1, 0.15) is 63.1 Å². The number of para-hydroxylation sites is 1. The summed E-state index contributed by atoms with van der Waals surface area (Å²) in [5, 5.41) is 36.1. The van der Waals surface area contributed by atoms with E-state index in [1.54, 1.807) is 56.4 Å². The number of phenols is 1. The Labute approximate surface area is 387 Å². The number of unbranched alkanes of at least 4 members (excludes halogenated alkanes) is 1. The van der Waals surface area contributed by atoms with Crippen molar-refractivity contribution in [2.45, 2.75) is 108 Å². The van der Waals surface area contributed by atoms with E-state index in [2.05, 4.69) is 36.9 Å². The first-order valence-corrected chi connectivity index (χ1v) is 22.0. The number of primary amides is 1. The molecule has 0 spiro atoms. The fraction of sp³-hybridized carbons (Fsp3) is 0.404. The summed E-state index contributed by atoms with van der Waals surface area (Å²) in [7, 11) is 0. The van der Waals surface area contributed by atoms with E-state index in [9.17, 15) is 48.6 Å². The molecule has 0 radical (unpaired) electrons. The Morgan fingerprint density at radius 1 is 0.597 bits per heavy atom. The number of hydrogen-bond donors (Lipinski definition) is 12. The summed E-state index contributed by atoms with van der Waals surface area (Å²) < 4.78 is 0. The van der Waals surface area contributed by atoms with E-state index in [1.165, 1.54) is 31.2 Å². The van der Waals surface area contributed by atoms with Crippen molar-refractivity contribution < 1.29 is 48.6 Å². The lowest BCUT2D eigenvalue weighted by Gasteiger charge is -2.27. The lowest BCUT2D eigenvalue weighted by Crippen LogP contribution is -2.60. The number of fused-ring (bicyclic) bond motifs is 1. The van der Waals surface area contributed by atoms with Crippen molar-refractivity contribution in [3.63, 3.8) is 0 Å². The van der Waals surface area contributed by atoms with Crippen molar-refractivity contribution >= 4 is 58.2 Å². The second kappa shape index (κ2) is 25.4. The van der Waals surface area contributed by atoms with E-state index >= 15 is 0 Å². The molecule has 4 aromatic rings. The van der Waals surface area contributed by atoms with Gasteiger partial charge < -0.3 is 64.3 Å². The number of aromatic amines is 1. The highest BCUT2D eigenvalue weighted by Gasteiger charge is 2.34. The van der Waals surface area contributed by atoms with Crippen LogP contribution in [0.25, 0.3) is 10.9 Å². The average molecular weight is 927 g/mol. The zero-order valence-corrected chi connectivity index (χ0v) is 37.8. The normalized spacial score (nSPS) is 14.3. The van der Waals surface area contributed by atoms with Crippen molar-refractivity contribution in [2.75, 3.05) is 6.54 Å². The first kappa shape index (κ1) is 52.3. The van der Waals surface area contributed by atoms with Crippen molar-refractivity contribution in [3.8, 4) is 5.75 Å². The van der Waals surface area contributed by atoms with Gasteiger partial charge in [0.15, 0.2) is 0 Å². The monoisotopic (exact) mass is 926 g/mol. The number of carbonyl (C=O) groups excluding carboxylic acids is 7. The molecule has 15 N–H and O–H groups in total. The van der Waals surface area contributed by atoms with Crippen LogP contribution in [-0.2, 0) is 57.6 Å². The number of aromatic nitrogens is 1. The van der Waals surface area contributed by atoms with Crippen molar-refractivity contribution in [3.05, 3.63) is 102 Å². The van der Waals surface area contributed by atoms with Crippen LogP contribution in [0.15, 0.2) is 85.1 Å². The first-order valence-electron chi connectivity index (χ1n) is 22.0. The zero-order chi connectivity index (χ0) is 49.2. The summed E-state index contributed by atoms with van der Waals surface area (Å²) in [6.45, 7) is 5.08. The zero-order valence-electron chi connectivity index (χ0n) is 37.8. The van der Waals surface area contributed by atoms with Crippen LogP contribution >= 0.6 is 0 Å². The number of carboxylic acids is 1. The van der Waals surface area contributed by atoms with Gasteiger partial charge in [-0.25, -0.2) is 4.79 Å². The summed E-state index contributed by atoms with van der Waals surface area (Å²) in [6, 6.07) is 12.4. The third-order valence-corrected chi connectivity index (χ3v) is 11.0. The van der Waals surface area contributed by atoms with E-state index in [1.807, 2.05) is 18.2 Å². The molecule has 0 saturated carbocycles. The molecule has 3 aromatic carbocycles. The lowest BCUT2D eigenvalue weighted by molar-refractivity contribution is -0.142. The Bertz CT molecular complexity index is 2340. The number of carboxylic acid groups (broad SMARTS) is 1. The van der Waals surface area contributed by atoms with Gasteiger partial charge in [-0.1, -0.05) is 74.5 Å². The molecule has 20 heteroatoms. The smallest absolute Gasteiger partial charge is 0.326 e. The van der Waals surface area contributed by atoms with Gasteiger partial charge in [0.25, 0.3) is 0 Å². The maximum Gasteiger partial charge on any atom is 0.326 e. The number of aromatic hydroxyl groups is 1. The Morgan fingerprint density at radius 3 is 1.69 bits per heavy atom. The number of phenolic OH excluding ortho intramolecular Hbond substituents is 1. The summed E-state index contributed by atoms with van der Waals surface area (Å²) in [6.07, 6.45) is 1.79. The standard InChI is InChI=1S/C47H62N10O10/c1-26(2)40(50)46(65)57-38(24-39(49)59)45(64)56-36(21-28-11-5-4-6-12-28)43(62)55-35(22-29-16-18-31(58)19-17-29)42(61)52-27(3)41(60)54-37(23-30-25-51-33-14-8-7-13-32(30)33)44(63)53-34(47(66)67)15-9-10-20-48/h4-8,11-14,16-19,25-27,34-38,40,51,58H,9-10,15,20-24,48,50H2,1-3H3,(H2,49,59)(H,52,61)(H,53,63)(H,54,60)(H,55,62)(H,56,64)(H,57,65)(H,66,67). The molecule has 20 nitrogen and oxygen atoms in total. The topological polar surface area (TPSA) is 343 Å². The molecule has 360 valence electrons. The summed E-state index contributed by atoms with van der Waals surface area (Å²) in [4.78, 5) is 110. The third kappa shape index (κ3) is 16.3. The molecule has 0 aliphatic rings. The van der Waals surface area contributed by atoms with Gasteiger partial charge in [-0.05, 0) is 73.5 Å². The Balaban J connectivity index is 1.60. The van der Waals surface area contributed by atoms with E-state index in [-0.39, 0.29) is 37.4 Å². The van der Waals surface area contributed by atoms with Gasteiger partial charge >= 0.3 is 5.97 Å². The molecule has 7 unspecified atom stereocenters. The molecule has 0 fully saturated rings. The molecule has 0 bridgehead atoms. The maximum atomic E-state index is 14.3. The molecule has 0 saturated heterocycles. The van der Waals surface area contributed by atoms with E-state index in [0.717, 1.165) is 10.9 Å². The van der Waals surface area contributed by atoms with Crippen molar-refractivity contribution in [1.82, 2.24) is 36.9 Å². The minimum atomic E-state index is -1.51. The summed E-state index contributed by atoms with van der Waals surface area (Å²) in [5.41, 5.74) is 19.5. The molecule has 67 heavy (non-hydrogen) atoms. The molecule has 1 aromatic heterocycles. The number of amides is 7. The van der Waals surface area contributed by atoms with Crippen LogP contribution in [0.3, 0.4) is 0 Å². The van der Waals surface area contributed by atoms with Crippen LogP contribution < -0.4 is 49.1 Å². The molecule has 7 atom stereocenters. The minimum Gasteiger partial charge on any atom is -0.508 e. The number of H-pyrrole nitrogens is 1. The SMILES string of the molecule is CC(NC(=O)C(Cc1ccc(O)cc1)NC(=O)C(Cc1ccccc1)NC(=O)C(CC(N)=O)NC(=O)C(N)C(C)C)C(=O)NC(Cc1c[nH]c2ccccc12)C(=O)NC(CCCCN)C(=O)O. The fourth-order valence-corrected chi connectivity index (χ4v) is 7.09. The average Bonchev–Trinajstić information content (AvgIpc) is 3.70. The van der Waals surface area contributed by atoms with E-state index in [4.69, 9.17) is 17.2 Å². The number of nitrogens with one attached hydrogen (secondary N) is 7. The van der Waals surface area contributed by atoms with Gasteiger partial charge in [0.2, 0.25) is 41.4 Å². The molecular weight excluding hydrogens is 865 g/mol. The van der Waals surface area contributed by atoms with Crippen LogP contribution in [0.5, 0.6) is 5.75 Å². The number of hydrogen-bond acceptors (Lipinski definition) is 11. The molecule has 7 amide bonds. The number of carbonyl (C=O) groups is 8. The summed E-state index contributed by atoms with van der Waals surface area (Å²) >= 11 is 0. The first-order chi connectivity index (χ1) is 31.9. The van der Waals surface area contributed by atoms with Crippen LogP contribution in [0.2, 0.25) is 0 Å². The fourth-order valence-electron chi connectivity index (χ4n) is 7.09. The third-order valence-electron chi connectivity index (χ3n) is 11.0. The second-order valence-electron chi connectivity index (χ2n) is 16.7. The number of benzene rings is 3. The largest absolute Gasteiger partial charge is 0.508 e. The molecule has 4 rings (SSSR count). The number of aliphatic carboxylic acids is 1. The predicted octanol–water partition coefficient (Wildman–Crippen LogP) is -0.0976. The van der Waals surface area contributed by atoms with Gasteiger partial charge in [-0.15, -0.1) is 0 Å². The second-order valence-corrected chi connectivity index (χ2v) is 16.7. The van der Waals surface area contributed by atoms with Crippen molar-refractivity contribution in [2.24, 2.45) is 23.1 Å². The molecular formula is C47H62N10O10. The Hall–Kier alpha value is -7.32. The van der Waals surface area contributed by atoms with Gasteiger partial charge in [0, 0.05) is 36.4 Å². The Morgan fingerprint density at radius 2 is 1.10 bits per heavy atom. The highest BCUT2D eigenvalue weighted by Crippen LogP contribution is 2.20. The summed E-state index contributed by atoms with van der Waals surface area (Å²) in [5.74, 6) is -7.51. The quantitative estimate of drug-likeness (QED) is 0.0368. The van der Waals surface area contributed by atoms with Gasteiger partial charge in [0.05, 0.1) is 12.5 Å². The van der Waals surface area contributed by atoms with Gasteiger partial charge in [-0.3, -0.25) is 33.6 Å². The van der Waals surface area contributed by atoms with Crippen LogP contribution in [0, 0.1) is 5.92 Å². The maximum absolute atomic E-state index is 14.3. The lowest BCUT2D eigenvalue weighted by atomic mass is 10.0. The molecule has 1 heterocycles. The molecule has 0 aliphatic carbocycles. The minimum absolute atomic E-state index is 0.0556. The van der Waals surface area contributed by atoms with E-state index in [0.29, 0.717) is 36.1 Å². The predicted molar refractivity (Wildman–Crippen MR) is 248 cm³/mol. The van der Waals surface area contributed by atoms with Gasteiger partial charge in [0.1, 0.15) is 42.0 Å². The Kier molecular flexibility index (Phi) is 19.8. The van der Waals surface area contributed by atoms with Gasteiger partial charge in [-0.2, -0.15) is 0 Å². The van der Waals surface area contributed by atoms with Crippen LogP contribution in [-0.4, -0.2) is 111 Å². The molecule has 0 aliphatic heterocycles. The number of rotatable bonds is 26. The highest BCUT2D eigenvalue weighted by atomic mass is 16.4. The van der Waals surface area contributed by atoms with E-state index < -0.39 is 96.0 Å². The highest BCUT2D eigenvalue weighted by molar-refractivity contribution is 5.98. The number of nitrogens with two attached hydrogens (primary N) is 3. The van der Waals surface area contributed by atoms with Crippen molar-refractivity contribution in [1.29, 1.82) is 0 Å².